The lowest BCUT2D eigenvalue weighted by Gasteiger charge is -2.32. The first-order chi connectivity index (χ1) is 15.2. The number of aromatic nitrogens is 2. The van der Waals surface area contributed by atoms with Crippen molar-refractivity contribution in [3.05, 3.63) is 77.6 Å². The van der Waals surface area contributed by atoms with Gasteiger partial charge in [-0.1, -0.05) is 0 Å². The summed E-state index contributed by atoms with van der Waals surface area (Å²) in [5.41, 5.74) is 2.94. The highest BCUT2D eigenvalue weighted by Crippen LogP contribution is 2.27. The molecular weight excluding hydrogens is 390 g/mol. The number of amides is 1. The van der Waals surface area contributed by atoms with Crippen molar-refractivity contribution in [1.29, 1.82) is 5.26 Å². The van der Waals surface area contributed by atoms with Crippen molar-refractivity contribution in [2.24, 2.45) is 0 Å². The number of hydrogen-bond donors (Lipinski definition) is 1. The second kappa shape index (κ2) is 9.26. The van der Waals surface area contributed by atoms with E-state index >= 15 is 0 Å². The Bertz CT molecular complexity index is 1090. The molecule has 1 aliphatic heterocycles. The molecule has 4 rings (SSSR count). The molecule has 1 aromatic heterocycles. The summed E-state index contributed by atoms with van der Waals surface area (Å²) in [5, 5.41) is 12.2. The van der Waals surface area contributed by atoms with Crippen molar-refractivity contribution in [2.75, 3.05) is 25.5 Å². The van der Waals surface area contributed by atoms with Crippen molar-refractivity contribution in [2.45, 2.75) is 18.8 Å². The minimum atomic E-state index is -0.0140. The molecule has 1 saturated heterocycles. The smallest absolute Gasteiger partial charge is 0.253 e. The molecule has 0 radical (unpaired) electrons. The Morgan fingerprint density at radius 3 is 2.65 bits per heavy atom. The Labute approximate surface area is 181 Å². The Hall–Kier alpha value is -3.92. The number of nitriles is 1. The third-order valence-corrected chi connectivity index (χ3v) is 5.41. The van der Waals surface area contributed by atoms with E-state index in [1.807, 2.05) is 35.2 Å². The van der Waals surface area contributed by atoms with Gasteiger partial charge in [0.15, 0.2) is 0 Å². The van der Waals surface area contributed by atoms with Crippen LogP contribution in [0.3, 0.4) is 0 Å². The number of carbonyl (C=O) groups is 1. The van der Waals surface area contributed by atoms with Crippen molar-refractivity contribution in [1.82, 2.24) is 14.9 Å². The number of anilines is 2. The first-order valence-corrected chi connectivity index (χ1v) is 10.2. The SMILES string of the molecule is COc1ccc(Nc2nccc([C@H]3CCCN(C(=O)c4ccc(C#N)cc4)C3)n2)cc1. The molecule has 0 bridgehead atoms. The molecule has 1 atom stereocenters. The molecule has 0 unspecified atom stereocenters. The maximum absolute atomic E-state index is 12.9. The van der Waals surface area contributed by atoms with Crippen LogP contribution in [0, 0.1) is 11.3 Å². The minimum Gasteiger partial charge on any atom is -0.497 e. The van der Waals surface area contributed by atoms with Crippen LogP contribution in [-0.4, -0.2) is 41.0 Å². The number of hydrogen-bond acceptors (Lipinski definition) is 6. The molecule has 1 N–H and O–H groups in total. The van der Waals surface area contributed by atoms with Gasteiger partial charge >= 0.3 is 0 Å². The lowest BCUT2D eigenvalue weighted by atomic mass is 9.94. The highest BCUT2D eigenvalue weighted by atomic mass is 16.5. The summed E-state index contributed by atoms with van der Waals surface area (Å²) >= 11 is 0. The van der Waals surface area contributed by atoms with Crippen LogP contribution in [0.4, 0.5) is 11.6 Å². The third kappa shape index (κ3) is 4.81. The summed E-state index contributed by atoms with van der Waals surface area (Å²) in [6.45, 7) is 1.33. The zero-order chi connectivity index (χ0) is 21.6. The summed E-state index contributed by atoms with van der Waals surface area (Å²) in [4.78, 5) is 23.8. The normalized spacial score (nSPS) is 15.7. The number of nitrogens with one attached hydrogen (secondary N) is 1. The molecule has 0 saturated carbocycles. The van der Waals surface area contributed by atoms with Gasteiger partial charge in [0.2, 0.25) is 5.95 Å². The van der Waals surface area contributed by atoms with Gasteiger partial charge in [0.25, 0.3) is 5.91 Å². The van der Waals surface area contributed by atoms with E-state index in [0.29, 0.717) is 23.6 Å². The van der Waals surface area contributed by atoms with E-state index in [2.05, 4.69) is 16.4 Å². The first kappa shape index (κ1) is 20.4. The van der Waals surface area contributed by atoms with E-state index in [1.165, 1.54) is 0 Å². The molecule has 2 heterocycles. The molecule has 2 aromatic carbocycles. The molecule has 1 amide bonds. The van der Waals surface area contributed by atoms with Gasteiger partial charge in [0.1, 0.15) is 5.75 Å². The van der Waals surface area contributed by atoms with Gasteiger partial charge < -0.3 is 15.0 Å². The standard InChI is InChI=1S/C24H23N5O2/c1-31-21-10-8-20(9-11-21)27-24-26-13-12-22(28-24)19-3-2-14-29(16-19)23(30)18-6-4-17(15-25)5-7-18/h4-13,19H,2-3,14,16H2,1H3,(H,26,27,28)/t19-/m0/s1. The second-order valence-corrected chi connectivity index (χ2v) is 7.44. The number of nitrogens with zero attached hydrogens (tertiary/aromatic N) is 4. The van der Waals surface area contributed by atoms with Crippen LogP contribution in [0.15, 0.2) is 60.8 Å². The Balaban J connectivity index is 1.45. The number of benzene rings is 2. The summed E-state index contributed by atoms with van der Waals surface area (Å²) in [6.07, 6.45) is 3.63. The summed E-state index contributed by atoms with van der Waals surface area (Å²) < 4.78 is 5.19. The van der Waals surface area contributed by atoms with Crippen LogP contribution in [0.1, 0.15) is 40.4 Å². The van der Waals surface area contributed by atoms with Gasteiger partial charge in [-0.05, 0) is 67.4 Å². The van der Waals surface area contributed by atoms with Gasteiger partial charge in [-0.15, -0.1) is 0 Å². The Morgan fingerprint density at radius 2 is 1.94 bits per heavy atom. The number of piperidine rings is 1. The van der Waals surface area contributed by atoms with Gasteiger partial charge in [-0.3, -0.25) is 4.79 Å². The molecule has 1 fully saturated rings. The maximum Gasteiger partial charge on any atom is 0.253 e. The van der Waals surface area contributed by atoms with E-state index in [-0.39, 0.29) is 11.8 Å². The lowest BCUT2D eigenvalue weighted by molar-refractivity contribution is 0.0706. The Morgan fingerprint density at radius 1 is 1.16 bits per heavy atom. The number of rotatable bonds is 5. The highest BCUT2D eigenvalue weighted by molar-refractivity contribution is 5.94. The zero-order valence-electron chi connectivity index (χ0n) is 17.3. The van der Waals surface area contributed by atoms with Gasteiger partial charge in [0.05, 0.1) is 24.4 Å². The van der Waals surface area contributed by atoms with Gasteiger partial charge in [0, 0.05) is 36.5 Å². The highest BCUT2D eigenvalue weighted by Gasteiger charge is 2.26. The summed E-state index contributed by atoms with van der Waals surface area (Å²) in [7, 11) is 1.63. The molecular formula is C24H23N5O2. The van der Waals surface area contributed by atoms with E-state index in [9.17, 15) is 4.79 Å². The van der Waals surface area contributed by atoms with Crippen LogP contribution in [0.5, 0.6) is 5.75 Å². The second-order valence-electron chi connectivity index (χ2n) is 7.44. The topological polar surface area (TPSA) is 91.1 Å². The maximum atomic E-state index is 12.9. The largest absolute Gasteiger partial charge is 0.497 e. The first-order valence-electron chi connectivity index (χ1n) is 10.2. The summed E-state index contributed by atoms with van der Waals surface area (Å²) in [6, 6.07) is 18.3. The third-order valence-electron chi connectivity index (χ3n) is 5.41. The zero-order valence-corrected chi connectivity index (χ0v) is 17.3. The molecule has 1 aliphatic rings. The molecule has 31 heavy (non-hydrogen) atoms. The fourth-order valence-corrected chi connectivity index (χ4v) is 3.74. The van der Waals surface area contributed by atoms with Crippen LogP contribution < -0.4 is 10.1 Å². The predicted molar refractivity (Wildman–Crippen MR) is 117 cm³/mol. The van der Waals surface area contributed by atoms with E-state index in [1.54, 1.807) is 37.6 Å². The van der Waals surface area contributed by atoms with Crippen LogP contribution in [0.2, 0.25) is 0 Å². The average molecular weight is 413 g/mol. The van der Waals surface area contributed by atoms with Gasteiger partial charge in [-0.2, -0.15) is 5.26 Å². The number of carbonyl (C=O) groups excluding carboxylic acids is 1. The van der Waals surface area contributed by atoms with Crippen molar-refractivity contribution in [3.8, 4) is 11.8 Å². The molecule has 7 heteroatoms. The van der Waals surface area contributed by atoms with Crippen molar-refractivity contribution >= 4 is 17.5 Å². The predicted octanol–water partition coefficient (Wildman–Crippen LogP) is 4.12. The lowest BCUT2D eigenvalue weighted by Crippen LogP contribution is -2.39. The van der Waals surface area contributed by atoms with E-state index in [4.69, 9.17) is 15.0 Å². The number of ether oxygens (including phenoxy) is 1. The quantitative estimate of drug-likeness (QED) is 0.677. The van der Waals surface area contributed by atoms with Crippen LogP contribution >= 0.6 is 0 Å². The molecule has 7 nitrogen and oxygen atoms in total. The summed E-state index contributed by atoms with van der Waals surface area (Å²) in [5.74, 6) is 1.45. The van der Waals surface area contributed by atoms with E-state index in [0.717, 1.165) is 36.5 Å². The fraction of sp³-hybridized carbons (Fsp3) is 0.250. The monoisotopic (exact) mass is 413 g/mol. The average Bonchev–Trinajstić information content (AvgIpc) is 2.84. The number of likely N-dealkylation sites (tertiary alicyclic amines) is 1. The van der Waals surface area contributed by atoms with E-state index < -0.39 is 0 Å². The fourth-order valence-electron chi connectivity index (χ4n) is 3.74. The molecule has 3 aromatic rings. The van der Waals surface area contributed by atoms with Gasteiger partial charge in [-0.25, -0.2) is 9.97 Å². The van der Waals surface area contributed by atoms with Crippen molar-refractivity contribution < 1.29 is 9.53 Å². The number of methoxy groups -OCH3 is 1. The van der Waals surface area contributed by atoms with Crippen LogP contribution in [0.25, 0.3) is 0 Å². The van der Waals surface area contributed by atoms with Crippen LogP contribution in [-0.2, 0) is 0 Å². The molecule has 0 spiro atoms. The minimum absolute atomic E-state index is 0.0140. The van der Waals surface area contributed by atoms with Crippen molar-refractivity contribution in [3.63, 3.8) is 0 Å². The molecule has 0 aliphatic carbocycles. The molecule has 156 valence electrons. The Kier molecular flexibility index (Phi) is 6.08.